The Morgan fingerprint density at radius 3 is 0.861 bits per heavy atom. The second-order valence-corrected chi connectivity index (χ2v) is 29.3. The van der Waals surface area contributed by atoms with Crippen molar-refractivity contribution in [3.8, 4) is 46.0 Å². The van der Waals surface area contributed by atoms with Crippen LogP contribution in [0.25, 0.3) is 43.1 Å². The van der Waals surface area contributed by atoms with Crippen molar-refractivity contribution in [3.05, 3.63) is 253 Å². The molecule has 4 atom stereocenters. The normalized spacial score (nSPS) is 13.4. The van der Waals surface area contributed by atoms with E-state index >= 15 is 28.8 Å². The summed E-state index contributed by atoms with van der Waals surface area (Å²) in [6.45, 7) is 21.9. The highest BCUT2D eigenvalue weighted by atomic mass is 16.6. The van der Waals surface area contributed by atoms with Gasteiger partial charge in [-0.25, -0.2) is 14.4 Å². The van der Waals surface area contributed by atoms with Crippen LogP contribution in [0.5, 0.6) is 46.0 Å². The van der Waals surface area contributed by atoms with Gasteiger partial charge in [0.1, 0.15) is 77.9 Å². The summed E-state index contributed by atoms with van der Waals surface area (Å²) >= 11 is 0. The van der Waals surface area contributed by atoms with Gasteiger partial charge in [0.2, 0.25) is 11.8 Å². The zero-order valence-corrected chi connectivity index (χ0v) is 68.5. The molecule has 0 fully saturated rings. The van der Waals surface area contributed by atoms with Crippen LogP contribution in [0.4, 0.5) is 11.4 Å². The number of nitrogens with zero attached hydrogens (tertiary/aromatic N) is 4. The molecule has 2 aromatic heterocycles. The first-order chi connectivity index (χ1) is 59.3. The Hall–Kier alpha value is -13.5. The van der Waals surface area contributed by atoms with Crippen LogP contribution in [0.1, 0.15) is 118 Å². The molecule has 122 heavy (non-hydrogen) atoms. The number of imide groups is 2. The Morgan fingerprint density at radius 1 is 0.352 bits per heavy atom. The van der Waals surface area contributed by atoms with Gasteiger partial charge in [-0.2, -0.15) is 0 Å². The van der Waals surface area contributed by atoms with E-state index in [2.05, 4.69) is 40.3 Å². The lowest BCUT2D eigenvalue weighted by Crippen LogP contribution is -2.55. The highest BCUT2D eigenvalue weighted by molar-refractivity contribution is 6.45. The molecule has 4 heterocycles. The van der Waals surface area contributed by atoms with Gasteiger partial charge in [-0.15, -0.1) is 0 Å². The largest absolute Gasteiger partial charge is 0.460 e. The van der Waals surface area contributed by atoms with Crippen molar-refractivity contribution in [2.24, 2.45) is 11.8 Å². The maximum absolute atomic E-state index is 16.6. The number of esters is 3. The van der Waals surface area contributed by atoms with Crippen molar-refractivity contribution in [2.75, 3.05) is 83.3 Å². The van der Waals surface area contributed by atoms with Gasteiger partial charge in [-0.1, -0.05) is 116 Å². The van der Waals surface area contributed by atoms with Crippen molar-refractivity contribution >= 4 is 108 Å². The van der Waals surface area contributed by atoms with E-state index in [1.54, 1.807) is 92.7 Å². The first kappa shape index (κ1) is 86.3. The molecule has 6 amide bonds. The van der Waals surface area contributed by atoms with Gasteiger partial charge >= 0.3 is 17.9 Å². The lowest BCUT2D eigenvalue weighted by molar-refractivity contribution is -0.140. The van der Waals surface area contributed by atoms with Gasteiger partial charge in [0.15, 0.2) is 0 Å². The summed E-state index contributed by atoms with van der Waals surface area (Å²) in [5.74, 6) is -6.74. The second-order valence-electron chi connectivity index (χ2n) is 29.3. The van der Waals surface area contributed by atoms with Gasteiger partial charge in [0.25, 0.3) is 23.6 Å². The SMILES string of the molecule is C=CC(=O)OCCOCCc1ccc(Oc2cc3c4c(cc(Oc5ccc(CCOCCC)cc5)c5c6c(Oc7ccc(CCOCCOC(=O)C=C)cc7)cc7c8c(cc(Oc9ccc(CCOCCOC(=O)C=C)cc9)c(c2c45)c86)C(=O)N(C(C(=O)Nc2ccncc2)C(C)CC)C7=O)C(=O)N(C(C(=O)Nc2ccncc2)C(C)CC)C3=O)cc1. The maximum atomic E-state index is 16.6. The number of carbonyl (C=O) groups is 9. The van der Waals surface area contributed by atoms with Crippen LogP contribution >= 0.6 is 0 Å². The Balaban J connectivity index is 1.11. The molecule has 0 aliphatic carbocycles. The summed E-state index contributed by atoms with van der Waals surface area (Å²) in [6.07, 6.45) is 12.6. The molecule has 9 aromatic carbocycles. The zero-order valence-electron chi connectivity index (χ0n) is 68.5. The third-order valence-electron chi connectivity index (χ3n) is 21.3. The van der Waals surface area contributed by atoms with Crippen molar-refractivity contribution in [2.45, 2.75) is 91.6 Å². The lowest BCUT2D eigenvalue weighted by atomic mass is 9.80. The van der Waals surface area contributed by atoms with Gasteiger partial charge in [0.05, 0.1) is 68.5 Å². The third-order valence-corrected chi connectivity index (χ3v) is 21.3. The summed E-state index contributed by atoms with van der Waals surface area (Å²) < 4.78 is 68.2. The van der Waals surface area contributed by atoms with Crippen LogP contribution in [-0.2, 0) is 82.8 Å². The maximum Gasteiger partial charge on any atom is 0.330 e. The first-order valence-corrected chi connectivity index (χ1v) is 40.6. The highest BCUT2D eigenvalue weighted by Gasteiger charge is 2.48. The van der Waals surface area contributed by atoms with Crippen LogP contribution in [-0.4, -0.2) is 158 Å². The van der Waals surface area contributed by atoms with Crippen LogP contribution < -0.4 is 29.6 Å². The standard InChI is InChI=1S/C96H94N6O20/c1-9-43-112-44-35-60-15-23-66(24-16-60)119-74-54-70-81-71(94(109)101(93(70)108)89(58(7)10-2)91(106)99-64-31-39-97-40-32-64)56-76(121-68-27-19-62(20-28-68)37-46-114-49-52-117-79(104)13-5)85-86-77(122-69-29-21-63(22-30-69)38-47-115-50-53-118-80(105)14-6)57-73-82-72(95(110)102(96(73)111)90(59(8)11-3)92(107)100-65-33-41-98-42-34-65)55-75(84(88(82)86)83(74)87(81)85)120-67-25-17-61(18-26-67)36-45-113-48-51-116-78(103)12-4/h12-34,39-42,54-59,89-90H,4-6,9-11,35-38,43-53H2,1-3,7-8H3,(H,97,99,106)(H,98,100,107). The zero-order chi connectivity index (χ0) is 85.9. The van der Waals surface area contributed by atoms with Crippen LogP contribution in [0.15, 0.2) is 208 Å². The van der Waals surface area contributed by atoms with Gasteiger partial charge in [-0.05, 0) is 163 Å². The summed E-state index contributed by atoms with van der Waals surface area (Å²) in [5.41, 5.74) is 3.87. The molecule has 13 rings (SSSR count). The van der Waals surface area contributed by atoms with E-state index in [0.29, 0.717) is 63.1 Å². The number of rotatable bonds is 44. The summed E-state index contributed by atoms with van der Waals surface area (Å²) in [5, 5.41) is 7.27. The third kappa shape index (κ3) is 19.7. The highest BCUT2D eigenvalue weighted by Crippen LogP contribution is 2.58. The molecule has 0 bridgehead atoms. The fourth-order valence-corrected chi connectivity index (χ4v) is 14.9. The quantitative estimate of drug-likeness (QED) is 0.00681. The number of hydrogen-bond acceptors (Lipinski definition) is 22. The lowest BCUT2D eigenvalue weighted by Gasteiger charge is -2.37. The smallest absolute Gasteiger partial charge is 0.330 e. The number of amides is 6. The average Bonchev–Trinajstić information content (AvgIpc) is 0.669. The van der Waals surface area contributed by atoms with E-state index in [0.717, 1.165) is 56.7 Å². The number of ether oxygens (including phenoxy) is 11. The van der Waals surface area contributed by atoms with E-state index in [4.69, 9.17) is 52.1 Å². The molecule has 2 N–H and O–H groups in total. The number of anilines is 2. The predicted octanol–water partition coefficient (Wildman–Crippen LogP) is 16.8. The van der Waals surface area contributed by atoms with E-state index < -0.39 is 77.3 Å². The Kier molecular flexibility index (Phi) is 28.6. The molecular weight excluding hydrogens is 1560 g/mol. The molecule has 0 saturated heterocycles. The fraction of sp³-hybridized carbons (Fsp3) is 0.281. The molecular formula is C96H94N6O20. The van der Waals surface area contributed by atoms with E-state index in [1.807, 2.05) is 69.3 Å². The summed E-state index contributed by atoms with van der Waals surface area (Å²) in [4.78, 5) is 143. The minimum Gasteiger partial charge on any atom is -0.460 e. The molecule has 0 radical (unpaired) electrons. The number of aromatic nitrogens is 2. The number of nitrogens with one attached hydrogen (secondary N) is 2. The van der Waals surface area contributed by atoms with Crippen molar-refractivity contribution in [1.29, 1.82) is 0 Å². The number of hydrogen-bond donors (Lipinski definition) is 2. The average molecular weight is 1650 g/mol. The van der Waals surface area contributed by atoms with Crippen LogP contribution in [0.2, 0.25) is 0 Å². The summed E-state index contributed by atoms with van der Waals surface area (Å²) in [7, 11) is 0. The minimum atomic E-state index is -1.44. The van der Waals surface area contributed by atoms with Gasteiger partial charge in [-0.3, -0.25) is 48.5 Å². The molecule has 11 aromatic rings. The molecule has 26 nitrogen and oxygen atoms in total. The number of carbonyl (C=O) groups excluding carboxylic acids is 9. The number of pyridine rings is 2. The van der Waals surface area contributed by atoms with E-state index in [9.17, 15) is 14.4 Å². The Labute approximate surface area is 704 Å². The number of fused-ring (bicyclic) bond motifs is 2. The monoisotopic (exact) mass is 1650 g/mol. The first-order valence-electron chi connectivity index (χ1n) is 40.6. The van der Waals surface area contributed by atoms with Crippen molar-refractivity contribution < 1.29 is 95.3 Å². The molecule has 26 heteroatoms. The molecule has 628 valence electrons. The topological polar surface area (TPSA) is 311 Å². The number of benzene rings is 9. The summed E-state index contributed by atoms with van der Waals surface area (Å²) in [6, 6.07) is 38.5. The fourth-order valence-electron chi connectivity index (χ4n) is 14.9. The van der Waals surface area contributed by atoms with Gasteiger partial charge < -0.3 is 62.7 Å². The van der Waals surface area contributed by atoms with Crippen LogP contribution in [0.3, 0.4) is 0 Å². The van der Waals surface area contributed by atoms with Crippen LogP contribution in [0, 0.1) is 11.8 Å². The van der Waals surface area contributed by atoms with E-state index in [1.165, 1.54) is 43.0 Å². The molecule has 2 aliphatic heterocycles. The molecule has 0 saturated carbocycles. The molecule has 4 unspecified atom stereocenters. The second kappa shape index (κ2) is 40.5. The van der Waals surface area contributed by atoms with Crippen molar-refractivity contribution in [3.63, 3.8) is 0 Å². The van der Waals surface area contributed by atoms with E-state index in [-0.39, 0.29) is 171 Å². The Morgan fingerprint density at radius 2 is 0.615 bits per heavy atom. The Bertz CT molecular complexity index is 5200. The van der Waals surface area contributed by atoms with Crippen molar-refractivity contribution in [1.82, 2.24) is 19.8 Å². The minimum absolute atomic E-state index is 0.00503. The molecule has 0 spiro atoms. The van der Waals surface area contributed by atoms with Gasteiger partial charge in [0, 0.05) is 104 Å². The predicted molar refractivity (Wildman–Crippen MR) is 459 cm³/mol. The molecule has 2 aliphatic rings.